The summed E-state index contributed by atoms with van der Waals surface area (Å²) in [7, 11) is 0. The Labute approximate surface area is 298 Å². The number of benzene rings is 5. The van der Waals surface area contributed by atoms with Crippen LogP contribution in [-0.4, -0.2) is 29.5 Å². The summed E-state index contributed by atoms with van der Waals surface area (Å²) in [6.07, 6.45) is 7.11. The van der Waals surface area contributed by atoms with Gasteiger partial charge in [-0.05, 0) is 59.2 Å². The lowest BCUT2D eigenvalue weighted by Crippen LogP contribution is -2.06. The van der Waals surface area contributed by atoms with E-state index in [-0.39, 0.29) is 0 Å². The molecule has 5 heterocycles. The van der Waals surface area contributed by atoms with Gasteiger partial charge in [0.2, 0.25) is 5.95 Å². The molecule has 0 aliphatic carbocycles. The van der Waals surface area contributed by atoms with Crippen molar-refractivity contribution in [3.8, 4) is 62.3 Å². The number of aromatic nitrogens is 6. The minimum Gasteiger partial charge on any atom is -0.455 e. The van der Waals surface area contributed by atoms with Gasteiger partial charge < -0.3 is 4.42 Å². The van der Waals surface area contributed by atoms with E-state index in [1.807, 2.05) is 54.6 Å². The molecular formula is C45H28N6O. The second-order valence-electron chi connectivity index (χ2n) is 12.6. The van der Waals surface area contributed by atoms with Crippen molar-refractivity contribution in [2.75, 3.05) is 0 Å². The quantitative estimate of drug-likeness (QED) is 0.175. The molecule has 0 atom stereocenters. The van der Waals surface area contributed by atoms with Crippen LogP contribution in [0.5, 0.6) is 0 Å². The minimum atomic E-state index is 0.513. The molecule has 7 nitrogen and oxygen atoms in total. The normalized spacial score (nSPS) is 11.5. The molecule has 244 valence electrons. The number of rotatable bonds is 6. The Kier molecular flexibility index (Phi) is 6.99. The van der Waals surface area contributed by atoms with E-state index < -0.39 is 0 Å². The molecule has 0 aliphatic heterocycles. The Morgan fingerprint density at radius 2 is 0.962 bits per heavy atom. The molecule has 10 aromatic rings. The van der Waals surface area contributed by atoms with E-state index in [9.17, 15) is 0 Å². The lowest BCUT2D eigenvalue weighted by Gasteiger charge is -2.11. The van der Waals surface area contributed by atoms with Crippen molar-refractivity contribution in [2.45, 2.75) is 0 Å². The minimum absolute atomic E-state index is 0.513. The first-order chi connectivity index (χ1) is 25.8. The average molecular weight is 669 g/mol. The third kappa shape index (κ3) is 4.95. The van der Waals surface area contributed by atoms with Crippen LogP contribution in [0.4, 0.5) is 0 Å². The maximum Gasteiger partial charge on any atom is 0.238 e. The van der Waals surface area contributed by atoms with Crippen LogP contribution in [0, 0.1) is 0 Å². The zero-order valence-corrected chi connectivity index (χ0v) is 27.8. The SMILES string of the molecule is c1ccc(-c2oc3c(ccc4c3c3ccccc3n4-c3nc(-c4ccncc4)nc(-c4ccc(-c5ccncc5)cc4)n3)c2-c2ccccc2)cc1. The monoisotopic (exact) mass is 668 g/mol. The number of hydrogen-bond donors (Lipinski definition) is 0. The first kappa shape index (κ1) is 29.6. The fourth-order valence-corrected chi connectivity index (χ4v) is 7.09. The van der Waals surface area contributed by atoms with Crippen molar-refractivity contribution in [1.29, 1.82) is 0 Å². The molecule has 0 fully saturated rings. The third-order valence-electron chi connectivity index (χ3n) is 9.51. The first-order valence-corrected chi connectivity index (χ1v) is 17.1. The molecule has 0 saturated carbocycles. The summed E-state index contributed by atoms with van der Waals surface area (Å²) >= 11 is 0. The van der Waals surface area contributed by atoms with Crippen LogP contribution in [0.2, 0.25) is 0 Å². The van der Waals surface area contributed by atoms with Gasteiger partial charge in [-0.25, -0.2) is 4.98 Å². The van der Waals surface area contributed by atoms with Crippen LogP contribution >= 0.6 is 0 Å². The van der Waals surface area contributed by atoms with Crippen molar-refractivity contribution >= 4 is 32.8 Å². The molecule has 5 aromatic heterocycles. The van der Waals surface area contributed by atoms with Gasteiger partial charge in [0.05, 0.1) is 16.4 Å². The standard InChI is InChI=1S/C45H28N6O/c1-3-9-31(10-4-1)39-36-19-20-38-40(42(36)52-41(39)32-11-5-2-6-12-32)35-13-7-8-14-37(35)51(38)45-49-43(48-44(50-45)34-23-27-47-28-24-34)33-17-15-29(16-18-33)30-21-25-46-26-22-30/h1-28H. The van der Waals surface area contributed by atoms with Gasteiger partial charge in [-0.3, -0.25) is 14.5 Å². The van der Waals surface area contributed by atoms with Gasteiger partial charge in [0.1, 0.15) is 11.3 Å². The first-order valence-electron chi connectivity index (χ1n) is 17.1. The Bertz CT molecular complexity index is 2870. The van der Waals surface area contributed by atoms with Gasteiger partial charge in [-0.1, -0.05) is 103 Å². The van der Waals surface area contributed by atoms with Crippen LogP contribution in [0.15, 0.2) is 175 Å². The number of fused-ring (bicyclic) bond motifs is 5. The number of hydrogen-bond acceptors (Lipinski definition) is 6. The van der Waals surface area contributed by atoms with Crippen LogP contribution in [0.25, 0.3) is 95.1 Å². The third-order valence-corrected chi connectivity index (χ3v) is 9.51. The predicted molar refractivity (Wildman–Crippen MR) is 207 cm³/mol. The molecule has 0 bridgehead atoms. The Balaban J connectivity index is 1.23. The molecule has 7 heteroatoms. The highest BCUT2D eigenvalue weighted by atomic mass is 16.3. The molecule has 0 spiro atoms. The molecule has 0 unspecified atom stereocenters. The van der Waals surface area contributed by atoms with E-state index in [2.05, 4.69) is 106 Å². The Morgan fingerprint density at radius 3 is 1.65 bits per heavy atom. The number of nitrogens with zero attached hydrogens (tertiary/aromatic N) is 6. The zero-order valence-electron chi connectivity index (χ0n) is 27.8. The van der Waals surface area contributed by atoms with E-state index in [0.29, 0.717) is 17.6 Å². The summed E-state index contributed by atoms with van der Waals surface area (Å²) < 4.78 is 9.09. The van der Waals surface area contributed by atoms with Crippen molar-refractivity contribution in [1.82, 2.24) is 29.5 Å². The number of pyridine rings is 2. The van der Waals surface area contributed by atoms with Crippen molar-refractivity contribution in [3.05, 3.63) is 170 Å². The maximum absolute atomic E-state index is 6.97. The summed E-state index contributed by atoms with van der Waals surface area (Å²) in [5, 5.41) is 3.09. The van der Waals surface area contributed by atoms with Gasteiger partial charge in [-0.15, -0.1) is 0 Å². The Hall–Kier alpha value is -7.25. The largest absolute Gasteiger partial charge is 0.455 e. The van der Waals surface area contributed by atoms with Crippen LogP contribution in [0.1, 0.15) is 0 Å². The lowest BCUT2D eigenvalue weighted by molar-refractivity contribution is 0.636. The highest BCUT2D eigenvalue weighted by Crippen LogP contribution is 2.46. The van der Waals surface area contributed by atoms with Gasteiger partial charge in [-0.2, -0.15) is 9.97 Å². The van der Waals surface area contributed by atoms with Crippen molar-refractivity contribution in [3.63, 3.8) is 0 Å². The van der Waals surface area contributed by atoms with E-state index in [4.69, 9.17) is 19.4 Å². The summed E-state index contributed by atoms with van der Waals surface area (Å²) in [6, 6.07) is 49.6. The molecule has 52 heavy (non-hydrogen) atoms. The molecule has 0 N–H and O–H groups in total. The summed E-state index contributed by atoms with van der Waals surface area (Å²) in [6.45, 7) is 0. The average Bonchev–Trinajstić information content (AvgIpc) is 3.79. The molecule has 10 rings (SSSR count). The molecule has 0 amide bonds. The molecule has 0 radical (unpaired) electrons. The number of furan rings is 1. The summed E-state index contributed by atoms with van der Waals surface area (Å²) in [5.41, 5.74) is 9.82. The van der Waals surface area contributed by atoms with Gasteiger partial charge in [0.25, 0.3) is 0 Å². The number of para-hydroxylation sites is 1. The lowest BCUT2D eigenvalue weighted by atomic mass is 9.98. The van der Waals surface area contributed by atoms with Gasteiger partial charge >= 0.3 is 0 Å². The molecular weight excluding hydrogens is 641 g/mol. The van der Waals surface area contributed by atoms with Crippen LogP contribution < -0.4 is 0 Å². The summed E-state index contributed by atoms with van der Waals surface area (Å²) in [4.78, 5) is 23.7. The topological polar surface area (TPSA) is 82.5 Å². The fraction of sp³-hybridized carbons (Fsp3) is 0. The second kappa shape index (κ2) is 12.3. The zero-order chi connectivity index (χ0) is 34.4. The molecule has 0 saturated heterocycles. The van der Waals surface area contributed by atoms with Crippen LogP contribution in [-0.2, 0) is 0 Å². The summed E-state index contributed by atoms with van der Waals surface area (Å²) in [5.74, 6) is 2.48. The molecule has 5 aromatic carbocycles. The van der Waals surface area contributed by atoms with E-state index >= 15 is 0 Å². The van der Waals surface area contributed by atoms with Crippen LogP contribution in [0.3, 0.4) is 0 Å². The smallest absolute Gasteiger partial charge is 0.238 e. The van der Waals surface area contributed by atoms with Crippen molar-refractivity contribution in [2.24, 2.45) is 0 Å². The van der Waals surface area contributed by atoms with E-state index in [1.165, 1.54) is 0 Å². The van der Waals surface area contributed by atoms with Crippen molar-refractivity contribution < 1.29 is 4.42 Å². The highest BCUT2D eigenvalue weighted by molar-refractivity contribution is 6.22. The van der Waals surface area contributed by atoms with Gasteiger partial charge in [0, 0.05) is 57.8 Å². The van der Waals surface area contributed by atoms with E-state index in [1.54, 1.807) is 24.8 Å². The highest BCUT2D eigenvalue weighted by Gasteiger charge is 2.24. The molecule has 0 aliphatic rings. The fourth-order valence-electron chi connectivity index (χ4n) is 7.09. The predicted octanol–water partition coefficient (Wildman–Crippen LogP) is 10.8. The second-order valence-corrected chi connectivity index (χ2v) is 12.6. The van der Waals surface area contributed by atoms with Gasteiger partial charge in [0.15, 0.2) is 11.6 Å². The maximum atomic E-state index is 6.97. The van der Waals surface area contributed by atoms with E-state index in [0.717, 1.165) is 77.5 Å². The Morgan fingerprint density at radius 1 is 0.404 bits per heavy atom.